The van der Waals surface area contributed by atoms with E-state index in [4.69, 9.17) is 4.42 Å². The molecule has 1 saturated heterocycles. The number of benzene rings is 1. The van der Waals surface area contributed by atoms with Crippen molar-refractivity contribution in [2.75, 3.05) is 13.1 Å². The molecule has 8 nitrogen and oxygen atoms in total. The predicted octanol–water partition coefficient (Wildman–Crippen LogP) is 2.18. The summed E-state index contributed by atoms with van der Waals surface area (Å²) < 4.78 is 34.1. The molecule has 0 saturated carbocycles. The van der Waals surface area contributed by atoms with Crippen LogP contribution in [0.4, 0.5) is 0 Å². The van der Waals surface area contributed by atoms with E-state index in [0.29, 0.717) is 18.6 Å². The van der Waals surface area contributed by atoms with Crippen LogP contribution in [-0.4, -0.2) is 41.8 Å². The van der Waals surface area contributed by atoms with Gasteiger partial charge in [-0.2, -0.15) is 4.31 Å². The lowest BCUT2D eigenvalue weighted by molar-refractivity contribution is -0.123. The predicted molar refractivity (Wildman–Crippen MR) is 110 cm³/mol. The van der Waals surface area contributed by atoms with Gasteiger partial charge in [-0.25, -0.2) is 13.2 Å². The molecule has 2 heterocycles. The van der Waals surface area contributed by atoms with E-state index in [1.54, 1.807) is 0 Å². The number of oxazole rings is 1. The van der Waals surface area contributed by atoms with Crippen LogP contribution in [0.5, 0.6) is 0 Å². The highest BCUT2D eigenvalue weighted by Gasteiger charge is 2.32. The smallest absolute Gasteiger partial charge is 0.408 e. The van der Waals surface area contributed by atoms with Crippen molar-refractivity contribution < 1.29 is 17.6 Å². The average molecular weight is 424 g/mol. The molecule has 1 aliphatic heterocycles. The number of nitrogens with zero attached hydrogens (tertiary/aromatic N) is 2. The Morgan fingerprint density at radius 1 is 1.21 bits per heavy atom. The van der Waals surface area contributed by atoms with Crippen LogP contribution in [0.15, 0.2) is 32.3 Å². The lowest BCUT2D eigenvalue weighted by atomic mass is 9.94. The maximum absolute atomic E-state index is 13.1. The van der Waals surface area contributed by atoms with Gasteiger partial charge in [-0.05, 0) is 51.2 Å². The molecule has 2 atom stereocenters. The number of carbonyl (C=O) groups excluding carboxylic acids is 1. The topological polar surface area (TPSA) is 102 Å². The number of hydrogen-bond donors (Lipinski definition) is 1. The van der Waals surface area contributed by atoms with Gasteiger partial charge in [0, 0.05) is 24.7 Å². The van der Waals surface area contributed by atoms with Crippen LogP contribution in [0.2, 0.25) is 0 Å². The Morgan fingerprint density at radius 2 is 1.83 bits per heavy atom. The Kier molecular flexibility index (Phi) is 5.66. The first kappa shape index (κ1) is 21.6. The van der Waals surface area contributed by atoms with Crippen molar-refractivity contribution in [2.45, 2.75) is 58.0 Å². The van der Waals surface area contributed by atoms with Gasteiger partial charge in [0.1, 0.15) is 6.54 Å². The van der Waals surface area contributed by atoms with Gasteiger partial charge in [0.2, 0.25) is 15.9 Å². The van der Waals surface area contributed by atoms with Crippen LogP contribution in [0, 0.1) is 11.8 Å². The second-order valence-corrected chi connectivity index (χ2v) is 11.1. The summed E-state index contributed by atoms with van der Waals surface area (Å²) in [5.74, 6) is -0.440. The van der Waals surface area contributed by atoms with Crippen molar-refractivity contribution >= 4 is 27.0 Å². The minimum atomic E-state index is -3.69. The molecule has 2 unspecified atom stereocenters. The lowest BCUT2D eigenvalue weighted by Crippen LogP contribution is -2.43. The Hall–Kier alpha value is -2.13. The number of amides is 1. The van der Waals surface area contributed by atoms with Crippen LogP contribution < -0.4 is 11.1 Å². The number of aromatic nitrogens is 1. The number of fused-ring (bicyclic) bond motifs is 1. The van der Waals surface area contributed by atoms with Crippen LogP contribution in [0.3, 0.4) is 0 Å². The number of hydrogen-bond acceptors (Lipinski definition) is 5. The highest BCUT2D eigenvalue weighted by Crippen LogP contribution is 2.28. The summed E-state index contributed by atoms with van der Waals surface area (Å²) in [4.78, 5) is 24.5. The zero-order valence-corrected chi connectivity index (χ0v) is 18.4. The summed E-state index contributed by atoms with van der Waals surface area (Å²) in [6.07, 6.45) is 0.999. The van der Waals surface area contributed by atoms with E-state index in [1.165, 1.54) is 27.1 Å². The second kappa shape index (κ2) is 7.60. The van der Waals surface area contributed by atoms with Crippen LogP contribution in [0.1, 0.15) is 41.0 Å². The van der Waals surface area contributed by atoms with Crippen molar-refractivity contribution in [1.29, 1.82) is 0 Å². The van der Waals surface area contributed by atoms with E-state index < -0.39 is 21.3 Å². The van der Waals surface area contributed by atoms with Crippen molar-refractivity contribution in [3.8, 4) is 0 Å². The fourth-order valence-electron chi connectivity index (χ4n) is 3.91. The molecular weight excluding hydrogens is 394 g/mol. The van der Waals surface area contributed by atoms with Gasteiger partial charge in [0.15, 0.2) is 5.58 Å². The first-order chi connectivity index (χ1) is 13.4. The average Bonchev–Trinajstić information content (AvgIpc) is 2.87. The molecule has 2 aromatic rings. The number of carbonyl (C=O) groups is 1. The molecule has 0 radical (unpaired) electrons. The van der Waals surface area contributed by atoms with Gasteiger partial charge >= 0.3 is 5.76 Å². The van der Waals surface area contributed by atoms with Crippen molar-refractivity contribution in [2.24, 2.45) is 11.8 Å². The van der Waals surface area contributed by atoms with Crippen molar-refractivity contribution in [3.05, 3.63) is 28.7 Å². The number of sulfonamides is 1. The number of piperidine rings is 1. The minimum absolute atomic E-state index is 0.0892. The fraction of sp³-hybridized carbons (Fsp3) is 0.600. The van der Waals surface area contributed by atoms with E-state index >= 15 is 0 Å². The van der Waals surface area contributed by atoms with Crippen LogP contribution >= 0.6 is 0 Å². The van der Waals surface area contributed by atoms with Crippen molar-refractivity contribution in [3.63, 3.8) is 0 Å². The van der Waals surface area contributed by atoms with Crippen LogP contribution in [0.25, 0.3) is 11.1 Å². The summed E-state index contributed by atoms with van der Waals surface area (Å²) in [5.41, 5.74) is 0.112. The molecular formula is C20H29N3O5S. The second-order valence-electron chi connectivity index (χ2n) is 9.15. The van der Waals surface area contributed by atoms with Gasteiger partial charge in [0.05, 0.1) is 10.4 Å². The summed E-state index contributed by atoms with van der Waals surface area (Å²) in [7, 11) is -3.69. The molecule has 0 aliphatic carbocycles. The molecule has 1 aromatic heterocycles. The highest BCUT2D eigenvalue weighted by atomic mass is 32.2. The van der Waals surface area contributed by atoms with Crippen molar-refractivity contribution in [1.82, 2.24) is 14.2 Å². The minimum Gasteiger partial charge on any atom is -0.408 e. The molecule has 0 bridgehead atoms. The molecule has 9 heteroatoms. The standard InChI is InChI=1S/C20H29N3O5S/c1-13-8-14(2)11-22(10-13)29(26,27)15-6-7-16-17(9-15)28-19(25)23(16)12-18(24)21-20(3,4)5/h6-7,9,13-14H,8,10-12H2,1-5H3,(H,21,24). The van der Waals surface area contributed by atoms with Gasteiger partial charge < -0.3 is 9.73 Å². The molecule has 1 amide bonds. The zero-order chi connectivity index (χ0) is 21.6. The quantitative estimate of drug-likeness (QED) is 0.812. The summed E-state index contributed by atoms with van der Waals surface area (Å²) in [5, 5.41) is 2.79. The molecule has 0 spiro atoms. The summed E-state index contributed by atoms with van der Waals surface area (Å²) >= 11 is 0. The number of rotatable bonds is 4. The molecule has 1 N–H and O–H groups in total. The monoisotopic (exact) mass is 423 g/mol. The molecule has 29 heavy (non-hydrogen) atoms. The Morgan fingerprint density at radius 3 is 2.41 bits per heavy atom. The maximum Gasteiger partial charge on any atom is 0.420 e. The lowest BCUT2D eigenvalue weighted by Gasteiger charge is -2.34. The van der Waals surface area contributed by atoms with Gasteiger partial charge in [0.25, 0.3) is 0 Å². The Balaban J connectivity index is 1.92. The Bertz CT molecular complexity index is 1070. The highest BCUT2D eigenvalue weighted by molar-refractivity contribution is 7.89. The van der Waals surface area contributed by atoms with E-state index in [0.717, 1.165) is 6.42 Å². The third-order valence-electron chi connectivity index (χ3n) is 4.93. The number of nitrogens with one attached hydrogen (secondary N) is 1. The van der Waals surface area contributed by atoms with E-state index in [9.17, 15) is 18.0 Å². The molecule has 1 aliphatic rings. The molecule has 1 aromatic carbocycles. The summed E-state index contributed by atoms with van der Waals surface area (Å²) in [6.45, 7) is 10.4. The van der Waals surface area contributed by atoms with E-state index in [2.05, 4.69) is 5.32 Å². The first-order valence-corrected chi connectivity index (χ1v) is 11.3. The van der Waals surface area contributed by atoms with E-state index in [1.807, 2.05) is 34.6 Å². The third kappa shape index (κ3) is 4.72. The zero-order valence-electron chi connectivity index (χ0n) is 17.6. The molecule has 3 rings (SSSR count). The fourth-order valence-corrected chi connectivity index (χ4v) is 5.60. The summed E-state index contributed by atoms with van der Waals surface area (Å²) in [6, 6.07) is 4.36. The van der Waals surface area contributed by atoms with Gasteiger partial charge in [-0.15, -0.1) is 0 Å². The normalized spacial score (nSPS) is 21.4. The SMILES string of the molecule is CC1CC(C)CN(S(=O)(=O)c2ccc3c(c2)oc(=O)n3CC(=O)NC(C)(C)C)C1. The van der Waals surface area contributed by atoms with E-state index in [-0.39, 0.29) is 34.8 Å². The molecule has 160 valence electrons. The largest absolute Gasteiger partial charge is 0.420 e. The first-order valence-electron chi connectivity index (χ1n) is 9.81. The Labute approximate surface area is 170 Å². The molecule has 1 fully saturated rings. The van der Waals surface area contributed by atoms with Crippen LogP contribution in [-0.2, 0) is 21.4 Å². The van der Waals surface area contributed by atoms with Gasteiger partial charge in [-0.1, -0.05) is 13.8 Å². The maximum atomic E-state index is 13.1. The van der Waals surface area contributed by atoms with Gasteiger partial charge in [-0.3, -0.25) is 9.36 Å². The third-order valence-corrected chi connectivity index (χ3v) is 6.76.